The first kappa shape index (κ1) is 15.2. The second kappa shape index (κ2) is 5.92. The van der Waals surface area contributed by atoms with Crippen LogP contribution < -0.4 is 5.69 Å². The smallest absolute Gasteiger partial charge is 0.341 e. The van der Waals surface area contributed by atoms with E-state index in [1.165, 1.54) is 4.68 Å². The highest BCUT2D eigenvalue weighted by atomic mass is 16.2. The molecule has 0 radical (unpaired) electrons. The number of amides is 1. The molecule has 4 rings (SSSR count). The van der Waals surface area contributed by atoms with E-state index in [1.54, 1.807) is 9.25 Å². The van der Waals surface area contributed by atoms with Gasteiger partial charge < -0.3 is 4.90 Å². The lowest BCUT2D eigenvalue weighted by molar-refractivity contribution is -0.134. The summed E-state index contributed by atoms with van der Waals surface area (Å²) in [6, 6.07) is 1.48. The second-order valence-electron chi connectivity index (χ2n) is 6.65. The van der Waals surface area contributed by atoms with Crippen molar-refractivity contribution >= 4 is 5.91 Å². The van der Waals surface area contributed by atoms with Gasteiger partial charge in [-0.1, -0.05) is 0 Å². The predicted octanol–water partition coefficient (Wildman–Crippen LogP) is 0.326. The number of aromatic nitrogens is 5. The quantitative estimate of drug-likeness (QED) is 0.812. The topological polar surface area (TPSA) is 78.0 Å². The van der Waals surface area contributed by atoms with Gasteiger partial charge in [-0.05, 0) is 31.7 Å². The van der Waals surface area contributed by atoms with Crippen LogP contribution in [-0.2, 0) is 24.8 Å². The summed E-state index contributed by atoms with van der Waals surface area (Å²) >= 11 is 0. The molecule has 4 heterocycles. The highest BCUT2D eigenvalue weighted by Crippen LogP contribution is 2.25. The number of rotatable bonds is 3. The van der Waals surface area contributed by atoms with Crippen LogP contribution in [0.5, 0.6) is 0 Å². The van der Waals surface area contributed by atoms with Crippen LogP contribution in [-0.4, -0.2) is 48.0 Å². The summed E-state index contributed by atoms with van der Waals surface area (Å²) in [6.45, 7) is 1.95. The van der Waals surface area contributed by atoms with Gasteiger partial charge in [0.25, 0.3) is 0 Å². The summed E-state index contributed by atoms with van der Waals surface area (Å²) < 4.78 is 4.76. The summed E-state index contributed by atoms with van der Waals surface area (Å²) in [5.41, 5.74) is 0.588. The first-order valence-corrected chi connectivity index (χ1v) is 8.59. The molecular weight excluding hydrogens is 308 g/mol. The number of nitrogens with zero attached hydrogens (tertiary/aromatic N) is 6. The van der Waals surface area contributed by atoms with E-state index in [-0.39, 0.29) is 11.6 Å². The second-order valence-corrected chi connectivity index (χ2v) is 6.65. The zero-order chi connectivity index (χ0) is 16.7. The van der Waals surface area contributed by atoms with E-state index in [4.69, 9.17) is 0 Å². The molecule has 2 aromatic rings. The minimum atomic E-state index is -0.392. The van der Waals surface area contributed by atoms with Gasteiger partial charge in [-0.25, -0.2) is 9.48 Å². The number of likely N-dealkylation sites (tertiary alicyclic amines) is 1. The molecule has 8 nitrogen and oxygen atoms in total. The van der Waals surface area contributed by atoms with E-state index >= 15 is 0 Å². The molecule has 1 amide bonds. The predicted molar refractivity (Wildman–Crippen MR) is 86.6 cm³/mol. The molecule has 8 heteroatoms. The highest BCUT2D eigenvalue weighted by molar-refractivity contribution is 5.80. The molecule has 1 saturated heterocycles. The Morgan fingerprint density at radius 3 is 2.75 bits per heavy atom. The van der Waals surface area contributed by atoms with Gasteiger partial charge in [0.15, 0.2) is 0 Å². The van der Waals surface area contributed by atoms with Crippen LogP contribution in [0, 0.1) is 0 Å². The van der Waals surface area contributed by atoms with Crippen LogP contribution in [0.2, 0.25) is 0 Å². The standard InChI is InChI=1S/C16H22N6O2/c1-19-10-7-12(17-19)11-21-16(24)22-13(5-4-6-14(22)18-21)15(23)20-8-2-3-9-20/h7,10,13H,2-6,8-9,11H2,1H3/t13-/m1/s1. The Labute approximate surface area is 139 Å². The Balaban J connectivity index is 1.64. The van der Waals surface area contributed by atoms with Gasteiger partial charge in [0.2, 0.25) is 5.91 Å². The Morgan fingerprint density at radius 2 is 2.04 bits per heavy atom. The van der Waals surface area contributed by atoms with Crippen molar-refractivity contribution < 1.29 is 4.79 Å². The van der Waals surface area contributed by atoms with Crippen LogP contribution in [0.15, 0.2) is 17.1 Å². The van der Waals surface area contributed by atoms with Crippen molar-refractivity contribution in [1.29, 1.82) is 0 Å². The van der Waals surface area contributed by atoms with E-state index in [0.29, 0.717) is 6.54 Å². The van der Waals surface area contributed by atoms with Gasteiger partial charge in [-0.3, -0.25) is 14.0 Å². The van der Waals surface area contributed by atoms with Gasteiger partial charge in [-0.2, -0.15) is 10.2 Å². The summed E-state index contributed by atoms with van der Waals surface area (Å²) in [5.74, 6) is 0.799. The summed E-state index contributed by atoms with van der Waals surface area (Å²) in [4.78, 5) is 27.5. The fourth-order valence-corrected chi connectivity index (χ4v) is 3.72. The molecule has 0 N–H and O–H groups in total. The van der Waals surface area contributed by atoms with Crippen molar-refractivity contribution in [3.63, 3.8) is 0 Å². The molecule has 0 bridgehead atoms. The number of carbonyl (C=O) groups is 1. The third-order valence-electron chi connectivity index (χ3n) is 4.91. The zero-order valence-electron chi connectivity index (χ0n) is 13.9. The zero-order valence-corrected chi connectivity index (χ0v) is 13.9. The van der Waals surface area contributed by atoms with Crippen molar-refractivity contribution in [2.75, 3.05) is 13.1 Å². The molecule has 128 valence electrons. The minimum absolute atomic E-state index is 0.0768. The molecular formula is C16H22N6O2. The van der Waals surface area contributed by atoms with E-state index in [9.17, 15) is 9.59 Å². The largest absolute Gasteiger partial charge is 0.347 e. The highest BCUT2D eigenvalue weighted by Gasteiger charge is 2.34. The minimum Gasteiger partial charge on any atom is -0.341 e. The molecule has 0 saturated carbocycles. The maximum Gasteiger partial charge on any atom is 0.347 e. The number of carbonyl (C=O) groups excluding carboxylic acids is 1. The Hall–Kier alpha value is -2.38. The van der Waals surface area contributed by atoms with Gasteiger partial charge in [-0.15, -0.1) is 0 Å². The Morgan fingerprint density at radius 1 is 1.25 bits per heavy atom. The monoisotopic (exact) mass is 330 g/mol. The molecule has 2 aliphatic rings. The lowest BCUT2D eigenvalue weighted by Gasteiger charge is -2.27. The lowest BCUT2D eigenvalue weighted by atomic mass is 10.0. The third-order valence-corrected chi connectivity index (χ3v) is 4.91. The molecule has 2 aliphatic heterocycles. The SMILES string of the molecule is Cn1ccc(Cn2nc3n(c2=O)[C@@H](C(=O)N2CCCC2)CCC3)n1. The summed E-state index contributed by atoms with van der Waals surface area (Å²) in [7, 11) is 1.84. The van der Waals surface area contributed by atoms with Crippen LogP contribution in [0.1, 0.15) is 43.2 Å². The molecule has 1 fully saturated rings. The van der Waals surface area contributed by atoms with Crippen molar-refractivity contribution in [1.82, 2.24) is 29.0 Å². The van der Waals surface area contributed by atoms with Crippen molar-refractivity contribution in [3.8, 4) is 0 Å². The van der Waals surface area contributed by atoms with Gasteiger partial charge in [0.05, 0.1) is 12.2 Å². The molecule has 0 aliphatic carbocycles. The molecule has 0 spiro atoms. The first-order valence-electron chi connectivity index (χ1n) is 8.59. The number of hydrogen-bond acceptors (Lipinski definition) is 4. The average molecular weight is 330 g/mol. The van der Waals surface area contributed by atoms with E-state index in [1.807, 2.05) is 24.2 Å². The number of aryl methyl sites for hydroxylation is 2. The van der Waals surface area contributed by atoms with E-state index < -0.39 is 6.04 Å². The number of hydrogen-bond donors (Lipinski definition) is 0. The van der Waals surface area contributed by atoms with Crippen LogP contribution in [0.3, 0.4) is 0 Å². The molecule has 24 heavy (non-hydrogen) atoms. The number of fused-ring (bicyclic) bond motifs is 1. The van der Waals surface area contributed by atoms with Crippen LogP contribution >= 0.6 is 0 Å². The summed E-state index contributed by atoms with van der Waals surface area (Å²) in [6.07, 6.45) is 6.31. The fraction of sp³-hybridized carbons (Fsp3) is 0.625. The lowest BCUT2D eigenvalue weighted by Crippen LogP contribution is -2.41. The first-order chi connectivity index (χ1) is 11.6. The van der Waals surface area contributed by atoms with Gasteiger partial charge >= 0.3 is 5.69 Å². The van der Waals surface area contributed by atoms with Gasteiger partial charge in [0.1, 0.15) is 11.9 Å². The van der Waals surface area contributed by atoms with Crippen LogP contribution in [0.4, 0.5) is 0 Å². The fourth-order valence-electron chi connectivity index (χ4n) is 3.72. The molecule has 1 atom stereocenters. The molecule has 2 aromatic heterocycles. The van der Waals surface area contributed by atoms with Crippen molar-refractivity contribution in [2.24, 2.45) is 7.05 Å². The normalized spacial score (nSPS) is 20.4. The summed E-state index contributed by atoms with van der Waals surface area (Å²) in [5, 5.41) is 8.76. The third kappa shape index (κ3) is 2.55. The Bertz CT molecular complexity index is 811. The maximum atomic E-state index is 12.8. The maximum absolute atomic E-state index is 12.8. The van der Waals surface area contributed by atoms with E-state index in [2.05, 4.69) is 10.2 Å². The van der Waals surface area contributed by atoms with Gasteiger partial charge in [0, 0.05) is 32.8 Å². The van der Waals surface area contributed by atoms with Crippen LogP contribution in [0.25, 0.3) is 0 Å². The average Bonchev–Trinajstić information content (AvgIpc) is 3.29. The Kier molecular flexibility index (Phi) is 3.74. The van der Waals surface area contributed by atoms with E-state index in [0.717, 1.165) is 56.7 Å². The van der Waals surface area contributed by atoms with Crippen molar-refractivity contribution in [3.05, 3.63) is 34.3 Å². The molecule has 0 unspecified atom stereocenters. The molecule has 0 aromatic carbocycles. The van der Waals surface area contributed by atoms with Crippen molar-refractivity contribution in [2.45, 2.75) is 44.7 Å².